The molecular weight excluding hydrogens is 156 g/mol. The summed E-state index contributed by atoms with van der Waals surface area (Å²) in [4.78, 5) is 10.4. The van der Waals surface area contributed by atoms with Crippen LogP contribution < -0.4 is 0 Å². The predicted molar refractivity (Wildman–Crippen MR) is 46.9 cm³/mol. The van der Waals surface area contributed by atoms with E-state index in [0.717, 1.165) is 12.8 Å². The van der Waals surface area contributed by atoms with Gasteiger partial charge < -0.3 is 9.84 Å². The summed E-state index contributed by atoms with van der Waals surface area (Å²) in [5.74, 6) is -0.894. The molecule has 0 radical (unpaired) electrons. The summed E-state index contributed by atoms with van der Waals surface area (Å²) in [5, 5.41) is 8.58. The van der Waals surface area contributed by atoms with E-state index in [1.165, 1.54) is 6.26 Å². The van der Waals surface area contributed by atoms with E-state index in [4.69, 9.17) is 9.84 Å². The Hall–Kier alpha value is -0.990. The molecule has 0 saturated heterocycles. The van der Waals surface area contributed by atoms with Gasteiger partial charge in [0.2, 0.25) is 0 Å². The van der Waals surface area contributed by atoms with Crippen LogP contribution >= 0.6 is 0 Å². The number of carbonyl (C=O) groups is 1. The van der Waals surface area contributed by atoms with Crippen molar-refractivity contribution in [3.8, 4) is 0 Å². The Labute approximate surface area is 73.0 Å². The standard InChI is InChI=1S/C9H16O3/c1-3-5-6-12-7-8(4-2)9(10)11/h7H,3-6H2,1-2H3,(H,10,11). The van der Waals surface area contributed by atoms with Crippen molar-refractivity contribution in [3.05, 3.63) is 11.8 Å². The molecule has 0 saturated carbocycles. The average molecular weight is 172 g/mol. The summed E-state index contributed by atoms with van der Waals surface area (Å²) in [6.07, 6.45) is 3.87. The molecule has 1 N–H and O–H groups in total. The Morgan fingerprint density at radius 1 is 1.50 bits per heavy atom. The van der Waals surface area contributed by atoms with Gasteiger partial charge in [-0.05, 0) is 12.8 Å². The lowest BCUT2D eigenvalue weighted by molar-refractivity contribution is -0.132. The fourth-order valence-electron chi connectivity index (χ4n) is 0.672. The van der Waals surface area contributed by atoms with Gasteiger partial charge in [0.15, 0.2) is 0 Å². The second kappa shape index (κ2) is 6.70. The van der Waals surface area contributed by atoms with E-state index < -0.39 is 5.97 Å². The summed E-state index contributed by atoms with van der Waals surface area (Å²) < 4.78 is 5.05. The summed E-state index contributed by atoms with van der Waals surface area (Å²) in [5.41, 5.74) is 0.325. The molecule has 0 spiro atoms. The predicted octanol–water partition coefficient (Wildman–Crippen LogP) is 2.18. The van der Waals surface area contributed by atoms with Gasteiger partial charge in [0.25, 0.3) is 0 Å². The van der Waals surface area contributed by atoms with E-state index in [0.29, 0.717) is 18.6 Å². The summed E-state index contributed by atoms with van der Waals surface area (Å²) >= 11 is 0. The molecule has 3 nitrogen and oxygen atoms in total. The zero-order chi connectivity index (χ0) is 9.40. The van der Waals surface area contributed by atoms with Crippen molar-refractivity contribution < 1.29 is 14.6 Å². The maximum Gasteiger partial charge on any atom is 0.334 e. The van der Waals surface area contributed by atoms with Gasteiger partial charge in [0.1, 0.15) is 0 Å². The molecule has 0 aliphatic heterocycles. The first-order valence-electron chi connectivity index (χ1n) is 4.26. The smallest absolute Gasteiger partial charge is 0.334 e. The molecule has 0 unspecified atom stereocenters. The number of carboxylic acids is 1. The maximum absolute atomic E-state index is 10.4. The first-order valence-corrected chi connectivity index (χ1v) is 4.26. The van der Waals surface area contributed by atoms with E-state index in [2.05, 4.69) is 6.92 Å². The SMILES string of the molecule is CCCCOC=C(CC)C(=O)O. The zero-order valence-corrected chi connectivity index (χ0v) is 7.67. The lowest BCUT2D eigenvalue weighted by Gasteiger charge is -2.00. The highest BCUT2D eigenvalue weighted by molar-refractivity contribution is 5.86. The van der Waals surface area contributed by atoms with Crippen molar-refractivity contribution >= 4 is 5.97 Å². The topological polar surface area (TPSA) is 46.5 Å². The molecule has 0 aliphatic carbocycles. The molecule has 0 aromatic heterocycles. The number of unbranched alkanes of at least 4 members (excludes halogenated alkanes) is 1. The molecule has 70 valence electrons. The first kappa shape index (κ1) is 11.0. The molecule has 0 rings (SSSR count). The second-order valence-corrected chi connectivity index (χ2v) is 2.53. The lowest BCUT2D eigenvalue weighted by atomic mass is 10.2. The highest BCUT2D eigenvalue weighted by Gasteiger charge is 2.03. The molecule has 0 heterocycles. The normalized spacial score (nSPS) is 11.3. The van der Waals surface area contributed by atoms with E-state index in [1.54, 1.807) is 6.92 Å². The van der Waals surface area contributed by atoms with Crippen molar-refractivity contribution in [2.45, 2.75) is 33.1 Å². The highest BCUT2D eigenvalue weighted by atomic mass is 16.5. The maximum atomic E-state index is 10.4. The van der Waals surface area contributed by atoms with Crippen LogP contribution in [0.3, 0.4) is 0 Å². The van der Waals surface area contributed by atoms with Crippen molar-refractivity contribution in [1.82, 2.24) is 0 Å². The number of carboxylic acid groups (broad SMARTS) is 1. The third-order valence-electron chi connectivity index (χ3n) is 1.50. The van der Waals surface area contributed by atoms with Crippen LogP contribution in [0.4, 0.5) is 0 Å². The molecule has 3 heteroatoms. The second-order valence-electron chi connectivity index (χ2n) is 2.53. The molecule has 0 fully saturated rings. The van der Waals surface area contributed by atoms with Crippen molar-refractivity contribution in [2.75, 3.05) is 6.61 Å². The monoisotopic (exact) mass is 172 g/mol. The van der Waals surface area contributed by atoms with Crippen LogP contribution in [0.2, 0.25) is 0 Å². The van der Waals surface area contributed by atoms with Crippen molar-refractivity contribution in [1.29, 1.82) is 0 Å². The number of hydrogen-bond donors (Lipinski definition) is 1. The number of hydrogen-bond acceptors (Lipinski definition) is 2. The third kappa shape index (κ3) is 4.77. The van der Waals surface area contributed by atoms with Gasteiger partial charge in [-0.2, -0.15) is 0 Å². The highest BCUT2D eigenvalue weighted by Crippen LogP contribution is 2.01. The van der Waals surface area contributed by atoms with Gasteiger partial charge in [0.05, 0.1) is 18.4 Å². The first-order chi connectivity index (χ1) is 5.72. The van der Waals surface area contributed by atoms with Crippen LogP contribution in [0.5, 0.6) is 0 Å². The van der Waals surface area contributed by atoms with Crippen LogP contribution in [-0.2, 0) is 9.53 Å². The Morgan fingerprint density at radius 3 is 2.58 bits per heavy atom. The van der Waals surface area contributed by atoms with Crippen molar-refractivity contribution in [3.63, 3.8) is 0 Å². The van der Waals surface area contributed by atoms with Gasteiger partial charge in [-0.15, -0.1) is 0 Å². The Bertz CT molecular complexity index is 161. The summed E-state index contributed by atoms with van der Waals surface area (Å²) in [6.45, 7) is 4.46. The largest absolute Gasteiger partial charge is 0.501 e. The number of aliphatic carboxylic acids is 1. The summed E-state index contributed by atoms with van der Waals surface area (Å²) in [6, 6.07) is 0. The zero-order valence-electron chi connectivity index (χ0n) is 7.67. The fourth-order valence-corrected chi connectivity index (χ4v) is 0.672. The molecule has 0 amide bonds. The third-order valence-corrected chi connectivity index (χ3v) is 1.50. The fraction of sp³-hybridized carbons (Fsp3) is 0.667. The summed E-state index contributed by atoms with van der Waals surface area (Å²) in [7, 11) is 0. The van der Waals surface area contributed by atoms with E-state index in [1.807, 2.05) is 0 Å². The van der Waals surface area contributed by atoms with Gasteiger partial charge in [-0.25, -0.2) is 4.79 Å². The molecular formula is C9H16O3. The van der Waals surface area contributed by atoms with Crippen LogP contribution in [0.1, 0.15) is 33.1 Å². The van der Waals surface area contributed by atoms with Crippen molar-refractivity contribution in [2.24, 2.45) is 0 Å². The van der Waals surface area contributed by atoms with Gasteiger partial charge >= 0.3 is 5.97 Å². The van der Waals surface area contributed by atoms with E-state index in [-0.39, 0.29) is 0 Å². The lowest BCUT2D eigenvalue weighted by Crippen LogP contribution is -2.00. The van der Waals surface area contributed by atoms with Crippen LogP contribution in [0.25, 0.3) is 0 Å². The molecule has 0 aliphatic rings. The Morgan fingerprint density at radius 2 is 2.17 bits per heavy atom. The Balaban J connectivity index is 3.71. The minimum absolute atomic E-state index is 0.325. The molecule has 0 atom stereocenters. The van der Waals surface area contributed by atoms with Crippen LogP contribution in [-0.4, -0.2) is 17.7 Å². The minimum Gasteiger partial charge on any atom is -0.501 e. The quantitative estimate of drug-likeness (QED) is 0.379. The number of rotatable bonds is 6. The van der Waals surface area contributed by atoms with Gasteiger partial charge in [-0.3, -0.25) is 0 Å². The number of ether oxygens (including phenoxy) is 1. The Kier molecular flexibility index (Phi) is 6.15. The molecule has 0 aromatic rings. The molecule has 0 aromatic carbocycles. The van der Waals surface area contributed by atoms with Gasteiger partial charge in [-0.1, -0.05) is 20.3 Å². The molecule has 12 heavy (non-hydrogen) atoms. The molecule has 0 bridgehead atoms. The minimum atomic E-state index is -0.894. The van der Waals surface area contributed by atoms with Crippen LogP contribution in [0, 0.1) is 0 Å². The van der Waals surface area contributed by atoms with E-state index >= 15 is 0 Å². The van der Waals surface area contributed by atoms with Crippen LogP contribution in [0.15, 0.2) is 11.8 Å². The average Bonchev–Trinajstić information content (AvgIpc) is 2.04. The van der Waals surface area contributed by atoms with Gasteiger partial charge in [0, 0.05) is 0 Å². The van der Waals surface area contributed by atoms with E-state index in [9.17, 15) is 4.79 Å².